The first-order chi connectivity index (χ1) is 8.51. The van der Waals surface area contributed by atoms with Crippen molar-refractivity contribution < 1.29 is 4.79 Å². The molecule has 1 fully saturated rings. The molecule has 1 aliphatic rings. The lowest BCUT2D eigenvalue weighted by Gasteiger charge is -2.35. The Balaban J connectivity index is 1.98. The van der Waals surface area contributed by atoms with Crippen molar-refractivity contribution in [1.82, 2.24) is 25.9 Å². The lowest BCUT2D eigenvalue weighted by Crippen LogP contribution is -2.56. The van der Waals surface area contributed by atoms with Gasteiger partial charge in [-0.25, -0.2) is 0 Å². The fourth-order valence-electron chi connectivity index (χ4n) is 2.56. The van der Waals surface area contributed by atoms with Crippen LogP contribution in [0.5, 0.6) is 0 Å². The number of hydrogen-bond acceptors (Lipinski definition) is 5. The lowest BCUT2D eigenvalue weighted by atomic mass is 9.76. The number of nitrogens with zero attached hydrogens (tertiary/aromatic N) is 3. The van der Waals surface area contributed by atoms with Gasteiger partial charge < -0.3 is 11.1 Å². The fourth-order valence-corrected chi connectivity index (χ4v) is 2.56. The molecule has 0 radical (unpaired) electrons. The minimum Gasteiger partial charge on any atom is -0.345 e. The van der Waals surface area contributed by atoms with Gasteiger partial charge in [0.15, 0.2) is 5.82 Å². The summed E-state index contributed by atoms with van der Waals surface area (Å²) in [6, 6.07) is -0.283. The summed E-state index contributed by atoms with van der Waals surface area (Å²) in [7, 11) is 0. The first kappa shape index (κ1) is 12.9. The second-order valence-corrected chi connectivity index (χ2v) is 5.32. The summed E-state index contributed by atoms with van der Waals surface area (Å²) in [6.07, 6.45) is 3.62. The zero-order valence-electron chi connectivity index (χ0n) is 10.8. The van der Waals surface area contributed by atoms with Crippen LogP contribution in [0.2, 0.25) is 0 Å². The average molecular weight is 252 g/mol. The Labute approximate surface area is 106 Å². The van der Waals surface area contributed by atoms with Crippen molar-refractivity contribution in [3.63, 3.8) is 0 Å². The number of amides is 1. The summed E-state index contributed by atoms with van der Waals surface area (Å²) in [5.74, 6) is 0.845. The van der Waals surface area contributed by atoms with Crippen LogP contribution in [0.3, 0.4) is 0 Å². The average Bonchev–Trinajstić information content (AvgIpc) is 2.81. The predicted octanol–water partition coefficient (Wildman–Crippen LogP) is 0.285. The van der Waals surface area contributed by atoms with E-state index in [1.807, 2.05) is 6.92 Å². The SMILES string of the molecule is CC1CCCC(N)(C(=O)NC(C)c2nn[nH]n2)C1. The highest BCUT2D eigenvalue weighted by Gasteiger charge is 2.38. The number of carbonyl (C=O) groups is 1. The molecule has 7 heteroatoms. The van der Waals surface area contributed by atoms with Gasteiger partial charge in [0.1, 0.15) is 0 Å². The molecule has 2 rings (SSSR count). The van der Waals surface area contributed by atoms with Crippen LogP contribution in [-0.2, 0) is 4.79 Å². The van der Waals surface area contributed by atoms with Crippen molar-refractivity contribution in [2.24, 2.45) is 11.7 Å². The van der Waals surface area contributed by atoms with E-state index in [2.05, 4.69) is 32.9 Å². The zero-order valence-corrected chi connectivity index (χ0v) is 10.8. The molecule has 100 valence electrons. The molecule has 3 atom stereocenters. The number of aromatic nitrogens is 4. The number of H-pyrrole nitrogens is 1. The van der Waals surface area contributed by atoms with Crippen molar-refractivity contribution in [1.29, 1.82) is 0 Å². The van der Waals surface area contributed by atoms with Gasteiger partial charge in [-0.05, 0) is 25.7 Å². The van der Waals surface area contributed by atoms with Gasteiger partial charge in [0.05, 0.1) is 11.6 Å². The molecule has 0 aromatic carbocycles. The Kier molecular flexibility index (Phi) is 3.60. The third kappa shape index (κ3) is 2.66. The molecule has 0 aliphatic heterocycles. The Bertz CT molecular complexity index is 406. The number of carbonyl (C=O) groups excluding carboxylic acids is 1. The van der Waals surface area contributed by atoms with Gasteiger partial charge in [-0.3, -0.25) is 4.79 Å². The Morgan fingerprint density at radius 1 is 1.67 bits per heavy atom. The quantitative estimate of drug-likeness (QED) is 0.716. The zero-order chi connectivity index (χ0) is 13.2. The molecule has 0 spiro atoms. The van der Waals surface area contributed by atoms with Crippen LogP contribution in [-0.4, -0.2) is 32.1 Å². The van der Waals surface area contributed by atoms with E-state index in [1.54, 1.807) is 0 Å². The van der Waals surface area contributed by atoms with Gasteiger partial charge in [-0.2, -0.15) is 5.21 Å². The number of nitrogens with two attached hydrogens (primary N) is 1. The lowest BCUT2D eigenvalue weighted by molar-refractivity contribution is -0.128. The Hall–Kier alpha value is -1.50. The van der Waals surface area contributed by atoms with Gasteiger partial charge in [0.2, 0.25) is 5.91 Å². The monoisotopic (exact) mass is 252 g/mol. The third-order valence-corrected chi connectivity index (χ3v) is 3.58. The van der Waals surface area contributed by atoms with Crippen molar-refractivity contribution in [2.45, 2.75) is 51.1 Å². The van der Waals surface area contributed by atoms with Gasteiger partial charge >= 0.3 is 0 Å². The Morgan fingerprint density at radius 2 is 2.44 bits per heavy atom. The molecule has 4 N–H and O–H groups in total. The Morgan fingerprint density at radius 3 is 3.06 bits per heavy atom. The summed E-state index contributed by atoms with van der Waals surface area (Å²) in [4.78, 5) is 12.2. The maximum atomic E-state index is 12.2. The van der Waals surface area contributed by atoms with Crippen LogP contribution in [0.25, 0.3) is 0 Å². The second-order valence-electron chi connectivity index (χ2n) is 5.32. The molecule has 1 saturated carbocycles. The second kappa shape index (κ2) is 5.01. The summed E-state index contributed by atoms with van der Waals surface area (Å²) < 4.78 is 0. The van der Waals surface area contributed by atoms with E-state index in [1.165, 1.54) is 0 Å². The summed E-state index contributed by atoms with van der Waals surface area (Å²) in [6.45, 7) is 3.95. The van der Waals surface area contributed by atoms with Gasteiger partial charge in [0, 0.05) is 0 Å². The maximum absolute atomic E-state index is 12.2. The van der Waals surface area contributed by atoms with Crippen molar-refractivity contribution in [3.8, 4) is 0 Å². The van der Waals surface area contributed by atoms with Gasteiger partial charge in [0.25, 0.3) is 0 Å². The highest BCUT2D eigenvalue weighted by atomic mass is 16.2. The van der Waals surface area contributed by atoms with E-state index in [4.69, 9.17) is 5.73 Å². The molecule has 0 saturated heterocycles. The fraction of sp³-hybridized carbons (Fsp3) is 0.818. The van der Waals surface area contributed by atoms with E-state index < -0.39 is 5.54 Å². The molecular formula is C11H20N6O. The molecule has 1 aromatic rings. The maximum Gasteiger partial charge on any atom is 0.240 e. The summed E-state index contributed by atoms with van der Waals surface area (Å²) in [5.41, 5.74) is 5.46. The summed E-state index contributed by atoms with van der Waals surface area (Å²) >= 11 is 0. The topological polar surface area (TPSA) is 110 Å². The van der Waals surface area contributed by atoms with Crippen LogP contribution < -0.4 is 11.1 Å². The number of aromatic amines is 1. The largest absolute Gasteiger partial charge is 0.345 e. The van der Waals surface area contributed by atoms with E-state index in [0.717, 1.165) is 25.7 Å². The minimum atomic E-state index is -0.754. The minimum absolute atomic E-state index is 0.119. The molecule has 1 aromatic heterocycles. The molecule has 1 heterocycles. The normalized spacial score (nSPS) is 29.8. The van der Waals surface area contributed by atoms with Crippen LogP contribution in [0.1, 0.15) is 51.4 Å². The van der Waals surface area contributed by atoms with Crippen LogP contribution in [0.4, 0.5) is 0 Å². The van der Waals surface area contributed by atoms with Gasteiger partial charge in [-0.1, -0.05) is 25.0 Å². The molecule has 1 aliphatic carbocycles. The molecule has 7 nitrogen and oxygen atoms in total. The number of hydrogen-bond donors (Lipinski definition) is 3. The number of rotatable bonds is 3. The first-order valence-electron chi connectivity index (χ1n) is 6.34. The van der Waals surface area contributed by atoms with Crippen LogP contribution in [0, 0.1) is 5.92 Å². The highest BCUT2D eigenvalue weighted by molar-refractivity contribution is 5.86. The molecule has 3 unspecified atom stereocenters. The van der Waals surface area contributed by atoms with Crippen molar-refractivity contribution in [2.75, 3.05) is 0 Å². The van der Waals surface area contributed by atoms with E-state index in [-0.39, 0.29) is 11.9 Å². The number of tetrazole rings is 1. The van der Waals surface area contributed by atoms with Crippen molar-refractivity contribution in [3.05, 3.63) is 5.82 Å². The van der Waals surface area contributed by atoms with Crippen LogP contribution >= 0.6 is 0 Å². The van der Waals surface area contributed by atoms with Crippen LogP contribution in [0.15, 0.2) is 0 Å². The van der Waals surface area contributed by atoms with E-state index in [9.17, 15) is 4.79 Å². The van der Waals surface area contributed by atoms with Gasteiger partial charge in [-0.15, -0.1) is 10.2 Å². The molecule has 18 heavy (non-hydrogen) atoms. The first-order valence-corrected chi connectivity index (χ1v) is 6.34. The van der Waals surface area contributed by atoms with E-state index in [0.29, 0.717) is 11.7 Å². The van der Waals surface area contributed by atoms with Crippen molar-refractivity contribution >= 4 is 5.91 Å². The predicted molar refractivity (Wildman–Crippen MR) is 65.3 cm³/mol. The molecule has 1 amide bonds. The number of nitrogens with one attached hydrogen (secondary N) is 2. The van der Waals surface area contributed by atoms with E-state index >= 15 is 0 Å². The smallest absolute Gasteiger partial charge is 0.240 e. The summed E-state index contributed by atoms with van der Waals surface area (Å²) in [5, 5.41) is 16.4. The standard InChI is InChI=1S/C11H20N6O/c1-7-4-3-5-11(12,6-7)10(18)13-8(2)9-14-16-17-15-9/h7-8H,3-6,12H2,1-2H3,(H,13,18)(H,14,15,16,17). The third-order valence-electron chi connectivity index (χ3n) is 3.58. The molecular weight excluding hydrogens is 232 g/mol. The molecule has 0 bridgehead atoms. The highest BCUT2D eigenvalue weighted by Crippen LogP contribution is 2.30.